The van der Waals surface area contributed by atoms with E-state index in [9.17, 15) is 0 Å². The molecule has 0 aromatic rings. The van der Waals surface area contributed by atoms with Crippen LogP contribution in [0, 0.1) is 0 Å². The van der Waals surface area contributed by atoms with Gasteiger partial charge in [0.2, 0.25) is 8.45 Å². The molecule has 0 radical (unpaired) electrons. The van der Waals surface area contributed by atoms with Crippen LogP contribution in [0.25, 0.3) is 0 Å². The molecule has 0 saturated carbocycles. The topological polar surface area (TPSA) is 15.7 Å². The first-order valence-electron chi connectivity index (χ1n) is 6.39. The van der Waals surface area contributed by atoms with Gasteiger partial charge in [0.05, 0.1) is 11.9 Å². The molecule has 0 heterocycles. The molecule has 104 valence electrons. The molecule has 0 atom stereocenters. The van der Waals surface area contributed by atoms with Crippen LogP contribution in [-0.4, -0.2) is 33.5 Å². The minimum atomic E-state index is -0.911. The highest BCUT2D eigenvalue weighted by atomic mass is 35.5. The molecule has 17 heavy (non-hydrogen) atoms. The Kier molecular flexibility index (Phi) is 8.19. The third-order valence-corrected chi connectivity index (χ3v) is 5.70. The summed E-state index contributed by atoms with van der Waals surface area (Å²) in [5.41, 5.74) is 0. The van der Waals surface area contributed by atoms with Crippen molar-refractivity contribution in [3.8, 4) is 0 Å². The quantitative estimate of drug-likeness (QED) is 0.634. The van der Waals surface area contributed by atoms with Crippen molar-refractivity contribution < 1.29 is 4.08 Å². The standard InChI is InChI=1S/C12H28ClN2OP/c1-9(2)14(10(3)4)17(16-13)15(11(5)6)12(7)8/h9-12H,1-8H3. The van der Waals surface area contributed by atoms with Gasteiger partial charge in [-0.3, -0.25) is 0 Å². The van der Waals surface area contributed by atoms with Crippen LogP contribution in [0.5, 0.6) is 0 Å². The van der Waals surface area contributed by atoms with E-state index in [1.165, 1.54) is 0 Å². The summed E-state index contributed by atoms with van der Waals surface area (Å²) >= 11 is 5.78. The molecule has 0 fully saturated rings. The Morgan fingerprint density at radius 2 is 0.941 bits per heavy atom. The maximum Gasteiger partial charge on any atom is 0.209 e. The van der Waals surface area contributed by atoms with E-state index < -0.39 is 8.45 Å². The Bertz CT molecular complexity index is 177. The van der Waals surface area contributed by atoms with Crippen LogP contribution in [0.2, 0.25) is 0 Å². The summed E-state index contributed by atoms with van der Waals surface area (Å²) < 4.78 is 10.0. The normalized spacial score (nSPS) is 13.4. The molecule has 0 amide bonds. The van der Waals surface area contributed by atoms with Crippen molar-refractivity contribution in [3.05, 3.63) is 0 Å². The van der Waals surface area contributed by atoms with Gasteiger partial charge in [0.1, 0.15) is 0 Å². The Morgan fingerprint density at radius 3 is 1.06 bits per heavy atom. The van der Waals surface area contributed by atoms with Gasteiger partial charge in [-0.05, 0) is 55.4 Å². The molecule has 0 aliphatic rings. The average molecular weight is 283 g/mol. The molecule has 0 bridgehead atoms. The van der Waals surface area contributed by atoms with Gasteiger partial charge in [0.25, 0.3) is 0 Å². The molecule has 3 nitrogen and oxygen atoms in total. The highest BCUT2D eigenvalue weighted by molar-refractivity contribution is 7.48. The third kappa shape index (κ3) is 5.00. The summed E-state index contributed by atoms with van der Waals surface area (Å²) in [5.74, 6) is 0. The molecular weight excluding hydrogens is 255 g/mol. The largest absolute Gasteiger partial charge is 0.241 e. The minimum Gasteiger partial charge on any atom is -0.241 e. The summed E-state index contributed by atoms with van der Waals surface area (Å²) in [4.78, 5) is 0. The Morgan fingerprint density at radius 1 is 0.706 bits per heavy atom. The Balaban J connectivity index is 5.11. The van der Waals surface area contributed by atoms with Crippen LogP contribution >= 0.6 is 20.3 Å². The molecule has 0 aromatic heterocycles. The number of hydrogen-bond acceptors (Lipinski definition) is 3. The van der Waals surface area contributed by atoms with Gasteiger partial charge in [-0.15, -0.1) is 0 Å². The van der Waals surface area contributed by atoms with Crippen LogP contribution in [-0.2, 0) is 4.08 Å². The first-order chi connectivity index (χ1) is 7.73. The minimum absolute atomic E-state index is 0.417. The van der Waals surface area contributed by atoms with Gasteiger partial charge in [0, 0.05) is 24.2 Å². The fourth-order valence-corrected chi connectivity index (χ4v) is 4.56. The zero-order valence-corrected chi connectivity index (χ0v) is 14.1. The molecule has 0 aromatic carbocycles. The summed E-state index contributed by atoms with van der Waals surface area (Å²) in [6.07, 6.45) is 0. The monoisotopic (exact) mass is 282 g/mol. The van der Waals surface area contributed by atoms with Gasteiger partial charge in [-0.1, -0.05) is 0 Å². The first-order valence-corrected chi connectivity index (χ1v) is 7.86. The van der Waals surface area contributed by atoms with Crippen molar-refractivity contribution in [1.82, 2.24) is 9.34 Å². The molecule has 0 N–H and O–H groups in total. The van der Waals surface area contributed by atoms with E-state index in [2.05, 4.69) is 64.7 Å². The number of hydrogen-bond donors (Lipinski definition) is 0. The molecule has 0 saturated heterocycles. The van der Waals surface area contributed by atoms with E-state index >= 15 is 0 Å². The number of halogens is 1. The van der Waals surface area contributed by atoms with Crippen LogP contribution in [0.3, 0.4) is 0 Å². The molecule has 0 aliphatic carbocycles. The van der Waals surface area contributed by atoms with Crippen molar-refractivity contribution in [3.63, 3.8) is 0 Å². The lowest BCUT2D eigenvalue weighted by molar-refractivity contribution is 0.228. The maximum atomic E-state index is 5.78. The lowest BCUT2D eigenvalue weighted by Gasteiger charge is -2.44. The summed E-state index contributed by atoms with van der Waals surface area (Å²) in [7, 11) is -0.911. The molecule has 0 rings (SSSR count). The highest BCUT2D eigenvalue weighted by Crippen LogP contribution is 2.51. The van der Waals surface area contributed by atoms with Crippen molar-refractivity contribution in [2.24, 2.45) is 0 Å². The van der Waals surface area contributed by atoms with Crippen LogP contribution in [0.1, 0.15) is 55.4 Å². The van der Waals surface area contributed by atoms with Gasteiger partial charge >= 0.3 is 0 Å². The fraction of sp³-hybridized carbons (Fsp3) is 1.00. The van der Waals surface area contributed by atoms with E-state index in [-0.39, 0.29) is 0 Å². The van der Waals surface area contributed by atoms with E-state index in [1.54, 1.807) is 0 Å². The molecular formula is C12H28ClN2OP. The van der Waals surface area contributed by atoms with Gasteiger partial charge in [-0.25, -0.2) is 13.4 Å². The maximum absolute atomic E-state index is 5.78. The predicted octanol–water partition coefficient (Wildman–Crippen LogP) is 4.62. The number of rotatable bonds is 7. The van der Waals surface area contributed by atoms with Crippen LogP contribution in [0.15, 0.2) is 0 Å². The SMILES string of the molecule is CC(C)N(C(C)C)P(OCl)N(C(C)C)C(C)C. The van der Waals surface area contributed by atoms with Crippen LogP contribution in [0.4, 0.5) is 0 Å². The summed E-state index contributed by atoms with van der Waals surface area (Å²) in [5, 5.41) is 0. The van der Waals surface area contributed by atoms with Crippen LogP contribution < -0.4 is 0 Å². The Labute approximate surface area is 114 Å². The molecule has 0 spiro atoms. The smallest absolute Gasteiger partial charge is 0.209 e. The first kappa shape index (κ1) is 17.6. The second-order valence-electron chi connectivity index (χ2n) is 5.46. The van der Waals surface area contributed by atoms with E-state index in [1.807, 2.05) is 0 Å². The zero-order valence-electron chi connectivity index (χ0n) is 12.4. The second-order valence-corrected chi connectivity index (χ2v) is 7.44. The van der Waals surface area contributed by atoms with Crippen molar-refractivity contribution in [1.29, 1.82) is 0 Å². The van der Waals surface area contributed by atoms with E-state index in [0.29, 0.717) is 24.2 Å². The zero-order chi connectivity index (χ0) is 13.7. The third-order valence-electron chi connectivity index (χ3n) is 2.57. The van der Waals surface area contributed by atoms with Crippen molar-refractivity contribution in [2.75, 3.05) is 0 Å². The molecule has 0 aliphatic heterocycles. The fourth-order valence-electron chi connectivity index (χ4n) is 2.17. The van der Waals surface area contributed by atoms with E-state index in [4.69, 9.17) is 15.9 Å². The average Bonchev–Trinajstić information content (AvgIpc) is 2.13. The molecule has 0 unspecified atom stereocenters. The lowest BCUT2D eigenvalue weighted by atomic mass is 10.3. The summed E-state index contributed by atoms with van der Waals surface area (Å²) in [6, 6.07) is 1.67. The number of nitrogens with zero attached hydrogens (tertiary/aromatic N) is 2. The predicted molar refractivity (Wildman–Crippen MR) is 78.1 cm³/mol. The highest BCUT2D eigenvalue weighted by Gasteiger charge is 2.34. The Hall–Kier alpha value is 0.600. The van der Waals surface area contributed by atoms with Gasteiger partial charge < -0.3 is 0 Å². The molecule has 5 heteroatoms. The van der Waals surface area contributed by atoms with Gasteiger partial charge in [0.15, 0.2) is 0 Å². The van der Waals surface area contributed by atoms with Gasteiger partial charge in [-0.2, -0.15) is 0 Å². The van der Waals surface area contributed by atoms with Crippen molar-refractivity contribution >= 4 is 20.3 Å². The lowest BCUT2D eigenvalue weighted by Crippen LogP contribution is -2.42. The summed E-state index contributed by atoms with van der Waals surface area (Å²) in [6.45, 7) is 17.5. The van der Waals surface area contributed by atoms with Crippen molar-refractivity contribution in [2.45, 2.75) is 79.6 Å². The second kappa shape index (κ2) is 7.91. The van der Waals surface area contributed by atoms with E-state index in [0.717, 1.165) is 0 Å².